The highest BCUT2D eigenvalue weighted by molar-refractivity contribution is 6.03. The lowest BCUT2D eigenvalue weighted by Gasteiger charge is -2.26. The summed E-state index contributed by atoms with van der Waals surface area (Å²) >= 11 is 0. The van der Waals surface area contributed by atoms with Crippen molar-refractivity contribution in [2.45, 2.75) is 32.6 Å². The van der Waals surface area contributed by atoms with Gasteiger partial charge in [0, 0.05) is 23.2 Å². The van der Waals surface area contributed by atoms with Crippen LogP contribution in [0, 0.1) is 0 Å². The predicted molar refractivity (Wildman–Crippen MR) is 144 cm³/mol. The van der Waals surface area contributed by atoms with Crippen LogP contribution in [0.5, 0.6) is 11.5 Å². The van der Waals surface area contributed by atoms with E-state index in [2.05, 4.69) is 64.8 Å². The summed E-state index contributed by atoms with van der Waals surface area (Å²) in [4.78, 5) is 2.51. The van der Waals surface area contributed by atoms with Crippen LogP contribution in [0.3, 0.4) is 0 Å². The normalized spacial score (nSPS) is 14.8. The van der Waals surface area contributed by atoms with Crippen LogP contribution in [-0.2, 0) is 6.42 Å². The van der Waals surface area contributed by atoms with Crippen molar-refractivity contribution in [3.8, 4) is 33.8 Å². The molecule has 3 aromatic heterocycles. The Morgan fingerprint density at radius 2 is 1.60 bits per heavy atom. The summed E-state index contributed by atoms with van der Waals surface area (Å²) in [5.74, 6) is 1.22. The van der Waals surface area contributed by atoms with Crippen LogP contribution >= 0.6 is 0 Å². The lowest BCUT2D eigenvalue weighted by Crippen LogP contribution is -2.33. The summed E-state index contributed by atoms with van der Waals surface area (Å²) in [5, 5.41) is 9.87. The van der Waals surface area contributed by atoms with Crippen LogP contribution < -0.4 is 4.74 Å². The molecule has 35 heavy (non-hydrogen) atoms. The molecular formula is C31H32N2O2. The van der Waals surface area contributed by atoms with Crippen molar-refractivity contribution in [2.24, 2.45) is 0 Å². The Morgan fingerprint density at radius 1 is 0.857 bits per heavy atom. The molecule has 1 N–H and O–H groups in total. The van der Waals surface area contributed by atoms with Gasteiger partial charge in [0.2, 0.25) is 0 Å². The topological polar surface area (TPSA) is 37.1 Å². The van der Waals surface area contributed by atoms with Gasteiger partial charge in [0.1, 0.15) is 18.1 Å². The van der Waals surface area contributed by atoms with Crippen molar-refractivity contribution >= 4 is 16.6 Å². The molecule has 0 bridgehead atoms. The third kappa shape index (κ3) is 4.02. The second-order valence-electron chi connectivity index (χ2n) is 9.61. The molecule has 0 aliphatic carbocycles. The molecule has 0 unspecified atom stereocenters. The number of nitrogens with zero attached hydrogens (tertiary/aromatic N) is 2. The molecule has 5 aromatic rings. The standard InChI is InChI=1S/C31H32N2O2/c1-2-27-29-8-6-7-24-21-28(31(33(24)29)30(27)23-9-13-25(34)14-10-23)22-11-15-26(16-12-22)35-20-19-32-17-4-3-5-18-32/h6-16,21,34H,2-5,17-20H2,1H3. The summed E-state index contributed by atoms with van der Waals surface area (Å²) in [5.41, 5.74) is 9.84. The van der Waals surface area contributed by atoms with Gasteiger partial charge in [-0.05, 0) is 91.5 Å². The van der Waals surface area contributed by atoms with E-state index in [0.717, 1.165) is 30.9 Å². The number of phenolic OH excluding ortho intramolecular Hbond substituents is 1. The molecule has 4 heteroatoms. The second-order valence-corrected chi connectivity index (χ2v) is 9.61. The zero-order valence-electron chi connectivity index (χ0n) is 20.3. The minimum atomic E-state index is 0.291. The van der Waals surface area contributed by atoms with Crippen LogP contribution in [0.15, 0.2) is 72.8 Å². The zero-order valence-corrected chi connectivity index (χ0v) is 20.3. The molecule has 6 rings (SSSR count). The molecule has 1 aliphatic rings. The fraction of sp³-hybridized carbons (Fsp3) is 0.290. The Bertz CT molecular complexity index is 1430. The highest BCUT2D eigenvalue weighted by Crippen LogP contribution is 2.43. The van der Waals surface area contributed by atoms with Gasteiger partial charge in [0.05, 0.1) is 11.0 Å². The first-order chi connectivity index (χ1) is 17.2. The number of phenols is 1. The number of ether oxygens (including phenoxy) is 1. The summed E-state index contributed by atoms with van der Waals surface area (Å²) < 4.78 is 8.47. The Morgan fingerprint density at radius 3 is 2.34 bits per heavy atom. The number of rotatable bonds is 7. The number of likely N-dealkylation sites (tertiary alicyclic amines) is 1. The molecule has 4 heterocycles. The molecule has 0 amide bonds. The maximum atomic E-state index is 9.87. The number of aromatic nitrogens is 1. The van der Waals surface area contributed by atoms with Gasteiger partial charge in [0.15, 0.2) is 0 Å². The molecule has 4 nitrogen and oxygen atoms in total. The zero-order chi connectivity index (χ0) is 23.8. The van der Waals surface area contributed by atoms with Crippen molar-refractivity contribution in [1.29, 1.82) is 0 Å². The van der Waals surface area contributed by atoms with Crippen LogP contribution in [0.1, 0.15) is 31.7 Å². The highest BCUT2D eigenvalue weighted by atomic mass is 16.5. The summed E-state index contributed by atoms with van der Waals surface area (Å²) in [6.07, 6.45) is 4.93. The van der Waals surface area contributed by atoms with E-state index in [-0.39, 0.29) is 0 Å². The van der Waals surface area contributed by atoms with E-state index in [1.165, 1.54) is 71.2 Å². The Balaban J connectivity index is 1.36. The van der Waals surface area contributed by atoms with Crippen molar-refractivity contribution in [2.75, 3.05) is 26.2 Å². The van der Waals surface area contributed by atoms with Crippen molar-refractivity contribution < 1.29 is 9.84 Å². The number of pyridine rings is 1. The van der Waals surface area contributed by atoms with E-state index in [1.54, 1.807) is 12.1 Å². The Hall–Kier alpha value is -3.50. The molecular weight excluding hydrogens is 432 g/mol. The fourth-order valence-corrected chi connectivity index (χ4v) is 5.70. The van der Waals surface area contributed by atoms with Gasteiger partial charge in [-0.15, -0.1) is 0 Å². The molecule has 0 atom stereocenters. The van der Waals surface area contributed by atoms with Gasteiger partial charge in [-0.1, -0.05) is 43.7 Å². The van der Waals surface area contributed by atoms with Gasteiger partial charge >= 0.3 is 0 Å². The number of hydrogen-bond donors (Lipinski definition) is 1. The van der Waals surface area contributed by atoms with Gasteiger partial charge in [0.25, 0.3) is 0 Å². The first kappa shape index (κ1) is 22.0. The lowest BCUT2D eigenvalue weighted by molar-refractivity contribution is 0.183. The molecule has 178 valence electrons. The molecule has 1 aliphatic heterocycles. The first-order valence-electron chi connectivity index (χ1n) is 12.9. The monoisotopic (exact) mass is 464 g/mol. The third-order valence-electron chi connectivity index (χ3n) is 7.44. The quantitative estimate of drug-likeness (QED) is 0.282. The molecule has 0 radical (unpaired) electrons. The van der Waals surface area contributed by atoms with Crippen molar-refractivity contribution in [1.82, 2.24) is 9.30 Å². The predicted octanol–water partition coefficient (Wildman–Crippen LogP) is 7.00. The van der Waals surface area contributed by atoms with E-state index in [4.69, 9.17) is 4.74 Å². The van der Waals surface area contributed by atoms with Crippen LogP contribution in [0.2, 0.25) is 0 Å². The maximum absolute atomic E-state index is 9.87. The minimum absolute atomic E-state index is 0.291. The highest BCUT2D eigenvalue weighted by Gasteiger charge is 2.22. The number of piperidine rings is 1. The van der Waals surface area contributed by atoms with E-state index in [0.29, 0.717) is 5.75 Å². The van der Waals surface area contributed by atoms with Crippen LogP contribution in [0.4, 0.5) is 0 Å². The summed E-state index contributed by atoms with van der Waals surface area (Å²) in [6.45, 7) is 6.35. The maximum Gasteiger partial charge on any atom is 0.119 e. The van der Waals surface area contributed by atoms with E-state index in [9.17, 15) is 5.11 Å². The van der Waals surface area contributed by atoms with Gasteiger partial charge in [-0.2, -0.15) is 0 Å². The fourth-order valence-electron chi connectivity index (χ4n) is 5.70. The lowest BCUT2D eigenvalue weighted by atomic mass is 9.96. The first-order valence-corrected chi connectivity index (χ1v) is 12.9. The number of aromatic hydroxyl groups is 1. The molecule has 0 saturated carbocycles. The molecule has 0 spiro atoms. The molecule has 2 aromatic carbocycles. The van der Waals surface area contributed by atoms with Crippen molar-refractivity contribution in [3.05, 3.63) is 78.4 Å². The number of benzene rings is 2. The number of aryl methyl sites for hydroxylation is 1. The van der Waals surface area contributed by atoms with E-state index in [1.807, 2.05) is 12.1 Å². The smallest absolute Gasteiger partial charge is 0.119 e. The minimum Gasteiger partial charge on any atom is -0.508 e. The second kappa shape index (κ2) is 9.27. The summed E-state index contributed by atoms with van der Waals surface area (Å²) in [6, 6.07) is 25.0. The third-order valence-corrected chi connectivity index (χ3v) is 7.44. The van der Waals surface area contributed by atoms with E-state index < -0.39 is 0 Å². The average molecular weight is 465 g/mol. The number of hydrogen-bond acceptors (Lipinski definition) is 3. The molecule has 1 saturated heterocycles. The van der Waals surface area contributed by atoms with Crippen LogP contribution in [0.25, 0.3) is 38.8 Å². The van der Waals surface area contributed by atoms with Gasteiger partial charge in [-0.25, -0.2) is 0 Å². The van der Waals surface area contributed by atoms with Crippen molar-refractivity contribution in [3.63, 3.8) is 0 Å². The van der Waals surface area contributed by atoms with Gasteiger partial charge < -0.3 is 14.2 Å². The Kier molecular flexibility index (Phi) is 5.83. The Labute approximate surface area is 206 Å². The van der Waals surface area contributed by atoms with Crippen LogP contribution in [-0.4, -0.2) is 40.6 Å². The summed E-state index contributed by atoms with van der Waals surface area (Å²) in [7, 11) is 0. The van der Waals surface area contributed by atoms with E-state index >= 15 is 0 Å². The van der Waals surface area contributed by atoms with Gasteiger partial charge in [-0.3, -0.25) is 4.90 Å². The SMILES string of the molecule is CCc1c(-c2ccc(O)cc2)c2c(-c3ccc(OCCN4CCCCC4)cc3)cc3cccc1n32. The molecule has 1 fully saturated rings. The average Bonchev–Trinajstić information content (AvgIpc) is 3.45. The largest absolute Gasteiger partial charge is 0.508 e.